The van der Waals surface area contributed by atoms with E-state index in [1.807, 2.05) is 13.0 Å². The lowest BCUT2D eigenvalue weighted by Gasteiger charge is -2.08. The van der Waals surface area contributed by atoms with Gasteiger partial charge in [-0.3, -0.25) is 4.79 Å². The summed E-state index contributed by atoms with van der Waals surface area (Å²) in [5, 5.41) is 21.6. The summed E-state index contributed by atoms with van der Waals surface area (Å²) >= 11 is 1.25. The van der Waals surface area contributed by atoms with Crippen molar-refractivity contribution in [1.82, 2.24) is 0 Å². The molecule has 2 aromatic carbocycles. The Kier molecular flexibility index (Phi) is 8.60. The van der Waals surface area contributed by atoms with Crippen molar-refractivity contribution in [3.63, 3.8) is 0 Å². The van der Waals surface area contributed by atoms with Gasteiger partial charge in [0.05, 0.1) is 17.7 Å². The molecule has 8 nitrogen and oxygen atoms in total. The summed E-state index contributed by atoms with van der Waals surface area (Å²) in [5.74, 6) is -1.63. The zero-order chi connectivity index (χ0) is 26.2. The van der Waals surface area contributed by atoms with Crippen LogP contribution < -0.4 is 10.1 Å². The van der Waals surface area contributed by atoms with Gasteiger partial charge in [0.25, 0.3) is 5.91 Å². The molecule has 0 aliphatic rings. The monoisotopic (exact) mass is 504 g/mol. The van der Waals surface area contributed by atoms with Gasteiger partial charge in [0.1, 0.15) is 29.0 Å². The van der Waals surface area contributed by atoms with Crippen LogP contribution in [-0.2, 0) is 16.1 Å². The number of nitrogens with zero attached hydrogens (tertiary/aromatic N) is 1. The molecular weight excluding hydrogens is 480 g/mol. The van der Waals surface area contributed by atoms with Crippen molar-refractivity contribution < 1.29 is 29.0 Å². The highest BCUT2D eigenvalue weighted by Gasteiger charge is 2.23. The zero-order valence-electron chi connectivity index (χ0n) is 20.0. The van der Waals surface area contributed by atoms with Gasteiger partial charge in [0.15, 0.2) is 0 Å². The van der Waals surface area contributed by atoms with Crippen LogP contribution in [0.15, 0.2) is 54.1 Å². The van der Waals surface area contributed by atoms with E-state index in [2.05, 4.69) is 5.32 Å². The number of ether oxygens (including phenoxy) is 2. The first kappa shape index (κ1) is 26.2. The average molecular weight is 505 g/mol. The summed E-state index contributed by atoms with van der Waals surface area (Å²) in [5.41, 5.74) is 2.38. The number of hydrogen-bond acceptors (Lipinski definition) is 7. The van der Waals surface area contributed by atoms with Gasteiger partial charge in [0, 0.05) is 4.88 Å². The highest BCUT2D eigenvalue weighted by atomic mass is 32.1. The Morgan fingerprint density at radius 3 is 2.50 bits per heavy atom. The van der Waals surface area contributed by atoms with Crippen LogP contribution in [0.4, 0.5) is 5.00 Å². The maximum atomic E-state index is 12.8. The number of carboxylic acids is 1. The summed E-state index contributed by atoms with van der Waals surface area (Å²) < 4.78 is 10.8. The zero-order valence-corrected chi connectivity index (χ0v) is 20.8. The van der Waals surface area contributed by atoms with Crippen molar-refractivity contribution in [2.24, 2.45) is 0 Å². The number of hydrogen-bond donors (Lipinski definition) is 2. The summed E-state index contributed by atoms with van der Waals surface area (Å²) in [4.78, 5) is 37.1. The molecule has 184 valence electrons. The van der Waals surface area contributed by atoms with Gasteiger partial charge in [0.2, 0.25) is 0 Å². The molecule has 9 heteroatoms. The van der Waals surface area contributed by atoms with E-state index in [1.165, 1.54) is 23.5 Å². The molecule has 0 radical (unpaired) electrons. The lowest BCUT2D eigenvalue weighted by molar-refractivity contribution is -0.112. The third kappa shape index (κ3) is 6.37. The second-order valence-electron chi connectivity index (χ2n) is 7.70. The Labute approximate surface area is 212 Å². The fourth-order valence-electron chi connectivity index (χ4n) is 3.27. The maximum Gasteiger partial charge on any atom is 0.341 e. The minimum atomic E-state index is -1.01. The van der Waals surface area contributed by atoms with Crippen molar-refractivity contribution in [3.05, 3.63) is 86.8 Å². The second kappa shape index (κ2) is 11.8. The molecule has 0 spiro atoms. The van der Waals surface area contributed by atoms with E-state index >= 15 is 0 Å². The van der Waals surface area contributed by atoms with Crippen molar-refractivity contribution in [2.45, 2.75) is 27.4 Å². The molecule has 3 aromatic rings. The Balaban J connectivity index is 1.71. The first-order valence-corrected chi connectivity index (χ1v) is 11.8. The highest BCUT2D eigenvalue weighted by molar-refractivity contribution is 7.16. The number of anilines is 1. The lowest BCUT2D eigenvalue weighted by atomic mass is 10.1. The third-order valence-corrected chi connectivity index (χ3v) is 6.35. The normalized spacial score (nSPS) is 10.9. The van der Waals surface area contributed by atoms with Crippen molar-refractivity contribution >= 4 is 40.3 Å². The SMILES string of the molecule is CCOC(=O)c1c(NC(=O)C(C#N)=Cc2ccc(OCc3cccc(C(=O)O)c3)cc2)sc(C)c1C. The van der Waals surface area contributed by atoms with Gasteiger partial charge in [-0.05, 0) is 67.8 Å². The molecule has 1 amide bonds. The smallest absolute Gasteiger partial charge is 0.341 e. The molecule has 36 heavy (non-hydrogen) atoms. The molecule has 0 unspecified atom stereocenters. The Morgan fingerprint density at radius 2 is 1.86 bits per heavy atom. The summed E-state index contributed by atoms with van der Waals surface area (Å²) in [6.45, 7) is 5.71. The minimum absolute atomic E-state index is 0.132. The predicted octanol–water partition coefficient (Wildman–Crippen LogP) is 5.36. The number of benzene rings is 2. The van der Waals surface area contributed by atoms with Crippen LogP contribution in [0.3, 0.4) is 0 Å². The van der Waals surface area contributed by atoms with Crippen LogP contribution in [0, 0.1) is 25.2 Å². The number of thiophene rings is 1. The van der Waals surface area contributed by atoms with Crippen molar-refractivity contribution in [2.75, 3.05) is 11.9 Å². The first-order valence-electron chi connectivity index (χ1n) is 11.0. The predicted molar refractivity (Wildman–Crippen MR) is 136 cm³/mol. The standard InChI is InChI=1S/C27H24N2O6S/c1-4-34-27(33)23-16(2)17(3)36-25(23)29-24(30)21(14-28)12-18-8-10-22(11-9-18)35-15-19-6-5-7-20(13-19)26(31)32/h5-13H,4,15H2,1-3H3,(H,29,30)(H,31,32). The van der Waals surface area contributed by atoms with Gasteiger partial charge < -0.3 is 19.9 Å². The fraction of sp³-hybridized carbons (Fsp3) is 0.185. The molecule has 0 bridgehead atoms. The molecule has 0 aliphatic heterocycles. The van der Waals surface area contributed by atoms with Gasteiger partial charge in [-0.1, -0.05) is 24.3 Å². The van der Waals surface area contributed by atoms with E-state index in [4.69, 9.17) is 14.6 Å². The second-order valence-corrected chi connectivity index (χ2v) is 8.92. The number of carbonyl (C=O) groups excluding carboxylic acids is 2. The van der Waals surface area contributed by atoms with E-state index in [0.29, 0.717) is 27.4 Å². The lowest BCUT2D eigenvalue weighted by Crippen LogP contribution is -2.16. The number of carbonyl (C=O) groups is 3. The van der Waals surface area contributed by atoms with Crippen LogP contribution in [0.5, 0.6) is 5.75 Å². The van der Waals surface area contributed by atoms with Crippen LogP contribution >= 0.6 is 11.3 Å². The molecule has 2 N–H and O–H groups in total. The topological polar surface area (TPSA) is 126 Å². The van der Waals surface area contributed by atoms with Gasteiger partial charge >= 0.3 is 11.9 Å². The number of aryl methyl sites for hydroxylation is 1. The molecule has 0 saturated carbocycles. The van der Waals surface area contributed by atoms with E-state index in [0.717, 1.165) is 10.4 Å². The Bertz CT molecular complexity index is 1370. The number of rotatable bonds is 9. The molecular formula is C27H24N2O6S. The highest BCUT2D eigenvalue weighted by Crippen LogP contribution is 2.33. The number of nitrogens with one attached hydrogen (secondary N) is 1. The number of aromatic carboxylic acids is 1. The van der Waals surface area contributed by atoms with Crippen LogP contribution in [0.2, 0.25) is 0 Å². The first-order chi connectivity index (χ1) is 17.2. The quantitative estimate of drug-likeness (QED) is 0.228. The molecule has 0 aliphatic carbocycles. The number of amides is 1. The molecule has 0 fully saturated rings. The van der Waals surface area contributed by atoms with E-state index < -0.39 is 17.8 Å². The summed E-state index contributed by atoms with van der Waals surface area (Å²) in [6, 6.07) is 15.1. The van der Waals surface area contributed by atoms with Gasteiger partial charge in [-0.15, -0.1) is 11.3 Å². The van der Waals surface area contributed by atoms with Crippen LogP contribution in [-0.4, -0.2) is 29.6 Å². The van der Waals surface area contributed by atoms with Gasteiger partial charge in [-0.2, -0.15) is 5.26 Å². The molecule has 1 heterocycles. The fourth-order valence-corrected chi connectivity index (χ4v) is 4.31. The minimum Gasteiger partial charge on any atom is -0.489 e. The number of esters is 1. The average Bonchev–Trinajstić information content (AvgIpc) is 3.14. The molecule has 0 saturated heterocycles. The van der Waals surface area contributed by atoms with E-state index in [9.17, 15) is 19.6 Å². The largest absolute Gasteiger partial charge is 0.489 e. The van der Waals surface area contributed by atoms with Crippen LogP contribution in [0.25, 0.3) is 6.08 Å². The van der Waals surface area contributed by atoms with E-state index in [1.54, 1.807) is 56.3 Å². The van der Waals surface area contributed by atoms with Crippen molar-refractivity contribution in [3.8, 4) is 11.8 Å². The van der Waals surface area contributed by atoms with Crippen LogP contribution in [0.1, 0.15) is 49.2 Å². The number of carboxylic acid groups (broad SMARTS) is 1. The molecule has 1 aromatic heterocycles. The molecule has 0 atom stereocenters. The third-order valence-electron chi connectivity index (χ3n) is 5.23. The van der Waals surface area contributed by atoms with Gasteiger partial charge in [-0.25, -0.2) is 9.59 Å². The van der Waals surface area contributed by atoms with Crippen molar-refractivity contribution in [1.29, 1.82) is 5.26 Å². The maximum absolute atomic E-state index is 12.8. The summed E-state index contributed by atoms with van der Waals surface area (Å²) in [6.07, 6.45) is 1.44. The van der Waals surface area contributed by atoms with E-state index in [-0.39, 0.29) is 24.4 Å². The summed E-state index contributed by atoms with van der Waals surface area (Å²) in [7, 11) is 0. The molecule has 3 rings (SSSR count). The Morgan fingerprint density at radius 1 is 1.14 bits per heavy atom. The Hall–Kier alpha value is -4.42. The number of nitriles is 1.